The Morgan fingerprint density at radius 3 is 2.85 bits per heavy atom. The van der Waals surface area contributed by atoms with E-state index in [-0.39, 0.29) is 11.5 Å². The van der Waals surface area contributed by atoms with Crippen molar-refractivity contribution >= 4 is 11.3 Å². The third-order valence-corrected chi connectivity index (χ3v) is 4.74. The van der Waals surface area contributed by atoms with Gasteiger partial charge in [-0.15, -0.1) is 11.3 Å². The van der Waals surface area contributed by atoms with Crippen LogP contribution in [0.5, 0.6) is 5.75 Å². The molecule has 1 aromatic carbocycles. The van der Waals surface area contributed by atoms with E-state index in [4.69, 9.17) is 4.74 Å². The molecule has 106 valence electrons. The third kappa shape index (κ3) is 2.86. The first-order valence-corrected chi connectivity index (χ1v) is 7.69. The van der Waals surface area contributed by atoms with Crippen molar-refractivity contribution in [3.05, 3.63) is 45.9 Å². The predicted molar refractivity (Wildman–Crippen MR) is 79.9 cm³/mol. The molecule has 0 saturated heterocycles. The Morgan fingerprint density at radius 1 is 1.35 bits per heavy atom. The molecule has 1 N–H and O–H groups in total. The van der Waals surface area contributed by atoms with Gasteiger partial charge in [0.15, 0.2) is 0 Å². The quantitative estimate of drug-likeness (QED) is 0.936. The Bertz CT molecular complexity index is 592. The number of aliphatic hydroxyl groups is 1. The fourth-order valence-electron chi connectivity index (χ4n) is 2.67. The first-order valence-electron chi connectivity index (χ1n) is 6.88. The first-order chi connectivity index (χ1) is 9.53. The molecule has 4 heteroatoms. The minimum absolute atomic E-state index is 0.123. The van der Waals surface area contributed by atoms with Crippen molar-refractivity contribution in [2.75, 3.05) is 0 Å². The molecule has 3 nitrogen and oxygen atoms in total. The molecule has 20 heavy (non-hydrogen) atoms. The fraction of sp³-hybridized carbons (Fsp3) is 0.438. The second-order valence-corrected chi connectivity index (χ2v) is 7.20. The van der Waals surface area contributed by atoms with Crippen LogP contribution >= 0.6 is 11.3 Å². The Balaban J connectivity index is 1.74. The van der Waals surface area contributed by atoms with Gasteiger partial charge in [0.2, 0.25) is 0 Å². The van der Waals surface area contributed by atoms with Crippen LogP contribution in [0.2, 0.25) is 0 Å². The Labute approximate surface area is 123 Å². The molecule has 0 radical (unpaired) electrons. The molecule has 0 fully saturated rings. The van der Waals surface area contributed by atoms with Crippen LogP contribution in [0.25, 0.3) is 0 Å². The van der Waals surface area contributed by atoms with Crippen LogP contribution in [0.15, 0.2) is 30.3 Å². The van der Waals surface area contributed by atoms with E-state index in [1.807, 2.05) is 30.3 Å². The number of thiazole rings is 1. The smallest absolute Gasteiger partial charge is 0.140 e. The largest absolute Gasteiger partial charge is 0.486 e. The van der Waals surface area contributed by atoms with Gasteiger partial charge in [-0.05, 0) is 30.4 Å². The van der Waals surface area contributed by atoms with Crippen molar-refractivity contribution < 1.29 is 9.84 Å². The van der Waals surface area contributed by atoms with Crippen LogP contribution in [-0.2, 0) is 13.0 Å². The van der Waals surface area contributed by atoms with E-state index >= 15 is 0 Å². The SMILES string of the molecule is CC1(C)Cc2nc(COc3ccccc3)sc2C(O)C1. The van der Waals surface area contributed by atoms with Gasteiger partial charge in [-0.3, -0.25) is 0 Å². The van der Waals surface area contributed by atoms with Gasteiger partial charge in [0, 0.05) is 0 Å². The molecule has 0 aliphatic heterocycles. The van der Waals surface area contributed by atoms with Crippen LogP contribution < -0.4 is 4.74 Å². The summed E-state index contributed by atoms with van der Waals surface area (Å²) in [4.78, 5) is 5.67. The van der Waals surface area contributed by atoms with E-state index < -0.39 is 0 Å². The van der Waals surface area contributed by atoms with Gasteiger partial charge in [0.05, 0.1) is 16.7 Å². The van der Waals surface area contributed by atoms with Crippen molar-refractivity contribution in [2.45, 2.75) is 39.4 Å². The number of aromatic nitrogens is 1. The summed E-state index contributed by atoms with van der Waals surface area (Å²) in [7, 11) is 0. The van der Waals surface area contributed by atoms with Crippen molar-refractivity contribution in [1.82, 2.24) is 4.98 Å². The van der Waals surface area contributed by atoms with Crippen LogP contribution in [0.1, 0.15) is 42.0 Å². The summed E-state index contributed by atoms with van der Waals surface area (Å²) in [6.07, 6.45) is 1.36. The summed E-state index contributed by atoms with van der Waals surface area (Å²) in [6.45, 7) is 4.83. The van der Waals surface area contributed by atoms with Crippen molar-refractivity contribution in [2.24, 2.45) is 5.41 Å². The second kappa shape index (κ2) is 5.19. The van der Waals surface area contributed by atoms with Crippen LogP contribution in [-0.4, -0.2) is 10.1 Å². The molecule has 0 spiro atoms. The molecular formula is C16H19NO2S. The predicted octanol–water partition coefficient (Wildman–Crippen LogP) is 3.73. The minimum atomic E-state index is -0.378. The Kier molecular flexibility index (Phi) is 3.52. The topological polar surface area (TPSA) is 42.4 Å². The lowest BCUT2D eigenvalue weighted by atomic mass is 9.77. The number of para-hydroxylation sites is 1. The van der Waals surface area contributed by atoms with E-state index in [0.717, 1.165) is 34.2 Å². The van der Waals surface area contributed by atoms with E-state index in [2.05, 4.69) is 18.8 Å². The highest BCUT2D eigenvalue weighted by atomic mass is 32.1. The number of rotatable bonds is 3. The van der Waals surface area contributed by atoms with Gasteiger partial charge in [0.1, 0.15) is 17.4 Å². The van der Waals surface area contributed by atoms with Crippen molar-refractivity contribution in [1.29, 1.82) is 0 Å². The van der Waals surface area contributed by atoms with Gasteiger partial charge in [-0.2, -0.15) is 0 Å². The lowest BCUT2D eigenvalue weighted by Gasteiger charge is -2.31. The minimum Gasteiger partial charge on any atom is -0.486 e. The molecule has 1 aromatic heterocycles. The van der Waals surface area contributed by atoms with Crippen LogP contribution in [0, 0.1) is 5.41 Å². The summed E-state index contributed by atoms with van der Waals surface area (Å²) >= 11 is 1.58. The molecule has 1 atom stereocenters. The summed E-state index contributed by atoms with van der Waals surface area (Å²) in [5.41, 5.74) is 1.17. The monoisotopic (exact) mass is 289 g/mol. The number of hydrogen-bond donors (Lipinski definition) is 1. The highest BCUT2D eigenvalue weighted by Gasteiger charge is 2.34. The zero-order chi connectivity index (χ0) is 14.2. The molecular weight excluding hydrogens is 270 g/mol. The molecule has 1 aliphatic rings. The van der Waals surface area contributed by atoms with E-state index in [1.165, 1.54) is 0 Å². The number of benzene rings is 1. The molecule has 0 saturated carbocycles. The number of fused-ring (bicyclic) bond motifs is 1. The molecule has 1 aliphatic carbocycles. The molecule has 3 rings (SSSR count). The summed E-state index contributed by atoms with van der Waals surface area (Å²) in [5, 5.41) is 11.2. The molecule has 0 bridgehead atoms. The number of aliphatic hydroxyl groups excluding tert-OH is 1. The zero-order valence-electron chi connectivity index (χ0n) is 11.8. The molecule has 2 aromatic rings. The van der Waals surface area contributed by atoms with E-state index in [1.54, 1.807) is 11.3 Å². The number of ether oxygens (including phenoxy) is 1. The maximum Gasteiger partial charge on any atom is 0.140 e. The van der Waals surface area contributed by atoms with Crippen LogP contribution in [0.3, 0.4) is 0 Å². The highest BCUT2D eigenvalue weighted by molar-refractivity contribution is 7.11. The first kappa shape index (κ1) is 13.6. The van der Waals surface area contributed by atoms with Crippen molar-refractivity contribution in [3.63, 3.8) is 0 Å². The standard InChI is InChI=1S/C16H19NO2S/c1-16(2)8-12-15(13(18)9-16)20-14(17-12)10-19-11-6-4-3-5-7-11/h3-7,13,18H,8-10H2,1-2H3. The zero-order valence-corrected chi connectivity index (χ0v) is 12.6. The lowest BCUT2D eigenvalue weighted by Crippen LogP contribution is -2.24. The van der Waals surface area contributed by atoms with Crippen LogP contribution in [0.4, 0.5) is 0 Å². The van der Waals surface area contributed by atoms with Gasteiger partial charge in [0.25, 0.3) is 0 Å². The second-order valence-electron chi connectivity index (χ2n) is 6.08. The maximum atomic E-state index is 10.2. The lowest BCUT2D eigenvalue weighted by molar-refractivity contribution is 0.102. The van der Waals surface area contributed by atoms with Gasteiger partial charge in [-0.25, -0.2) is 4.98 Å². The fourth-order valence-corrected chi connectivity index (χ4v) is 3.65. The highest BCUT2D eigenvalue weighted by Crippen LogP contribution is 2.42. The van der Waals surface area contributed by atoms with Gasteiger partial charge < -0.3 is 9.84 Å². The Hall–Kier alpha value is -1.39. The normalized spacial score (nSPS) is 20.4. The number of hydrogen-bond acceptors (Lipinski definition) is 4. The maximum absolute atomic E-state index is 10.2. The summed E-state index contributed by atoms with van der Waals surface area (Å²) < 4.78 is 5.72. The van der Waals surface area contributed by atoms with E-state index in [9.17, 15) is 5.11 Å². The third-order valence-electron chi connectivity index (χ3n) is 3.57. The van der Waals surface area contributed by atoms with Gasteiger partial charge in [-0.1, -0.05) is 32.0 Å². The average molecular weight is 289 g/mol. The summed E-state index contributed by atoms with van der Waals surface area (Å²) in [6, 6.07) is 9.74. The Morgan fingerprint density at radius 2 is 2.10 bits per heavy atom. The van der Waals surface area contributed by atoms with E-state index in [0.29, 0.717) is 6.61 Å². The molecule has 1 unspecified atom stereocenters. The summed E-state index contributed by atoms with van der Waals surface area (Å²) in [5.74, 6) is 0.849. The van der Waals surface area contributed by atoms with Gasteiger partial charge >= 0.3 is 0 Å². The van der Waals surface area contributed by atoms with Crippen molar-refractivity contribution in [3.8, 4) is 5.75 Å². The molecule has 0 amide bonds. The average Bonchev–Trinajstić information content (AvgIpc) is 2.79. The molecule has 1 heterocycles. The number of nitrogens with zero attached hydrogens (tertiary/aromatic N) is 1.